The minimum atomic E-state index is 1.09. The molecule has 0 N–H and O–H groups in total. The highest BCUT2D eigenvalue weighted by Crippen LogP contribution is 2.40. The summed E-state index contributed by atoms with van der Waals surface area (Å²) in [5, 5.41) is 0. The number of nitrogens with zero attached hydrogens (tertiary/aromatic N) is 2. The maximum absolute atomic E-state index is 5.75. The van der Waals surface area contributed by atoms with Crippen molar-refractivity contribution in [3.05, 3.63) is 267 Å². The van der Waals surface area contributed by atoms with E-state index in [1.54, 1.807) is 0 Å². The Hall–Kier alpha value is -8.20. The molecule has 0 bridgehead atoms. The van der Waals surface area contributed by atoms with Gasteiger partial charge in [0.05, 0.1) is 0 Å². The predicted octanol–water partition coefficient (Wildman–Crippen LogP) is 23.3. The second kappa shape index (κ2) is 29.7. The lowest BCUT2D eigenvalue weighted by Gasteiger charge is -2.27. The van der Waals surface area contributed by atoms with Gasteiger partial charge >= 0.3 is 0 Å². The Kier molecular flexibility index (Phi) is 19.6. The van der Waals surface area contributed by atoms with Crippen LogP contribution in [-0.4, -0.2) is 0 Å². The van der Waals surface area contributed by atoms with Crippen LogP contribution in [0.25, 0.3) is 55.6 Å². The average Bonchev–Trinajstić information content (AvgIpc) is 3.65. The number of hydrogen-bond acceptors (Lipinski definition) is 2. The van der Waals surface area contributed by atoms with Crippen molar-refractivity contribution < 1.29 is 13.7 Å². The van der Waals surface area contributed by atoms with Crippen LogP contribution in [0, 0.1) is 0 Å². The summed E-state index contributed by atoms with van der Waals surface area (Å²) >= 11 is 0. The molecule has 0 radical (unpaired) electrons. The fraction of sp³-hybridized carbons (Fsp3) is 0.143. The van der Waals surface area contributed by atoms with E-state index in [0.717, 1.165) is 45.3 Å². The van der Waals surface area contributed by atoms with E-state index >= 15 is 0 Å². The number of rotatable bonds is 11. The van der Waals surface area contributed by atoms with E-state index < -0.39 is 0 Å². The van der Waals surface area contributed by atoms with Crippen LogP contribution in [0.2, 0.25) is 0 Å². The zero-order valence-electron chi connectivity index (χ0n) is 54.3. The van der Waals surface area contributed by atoms with Crippen LogP contribution in [0.3, 0.4) is 0 Å². The zero-order chi connectivity index (χ0) is 61.5. The molecule has 0 saturated heterocycles. The predicted molar refractivity (Wildman–Crippen MR) is 330 cm³/mol. The van der Waals surface area contributed by atoms with Crippen molar-refractivity contribution in [2.24, 2.45) is 0 Å². The van der Waals surface area contributed by atoms with E-state index in [9.17, 15) is 0 Å². The standard InChI is InChI=1S/C60H44N2.10CH4/c1-5-13-45(14-6-1)49-21-33-55(34-22-49)61(56-35-23-50(24-36-56)46-15-7-2-8-16-46)59-41-29-53(30-42-59)54-31-43-60(44-32-54)62(57-37-25-51(26-38-57)47-17-9-3-10-18-47)58-39-27-52(28-40-58)48-19-11-4-12-20-48;;;;;;;;;;/h1-44H;10*1H4/i;10*1D. The van der Waals surface area contributed by atoms with E-state index in [-0.39, 0.29) is 0 Å². The number of benzene rings is 10. The van der Waals surface area contributed by atoms with Gasteiger partial charge in [-0.2, -0.15) is 0 Å². The third-order valence-corrected chi connectivity index (χ3v) is 11.5. The normalized spacial score (nSPS) is 10.4. The molecule has 0 aromatic heterocycles. The summed E-state index contributed by atoms with van der Waals surface area (Å²) in [6.07, 6.45) is 0. The molecule has 72 heavy (non-hydrogen) atoms. The molecule has 2 heteroatoms. The molecule has 10 aromatic carbocycles. The Morgan fingerprint density at radius 1 is 0.153 bits per heavy atom. The molecule has 0 saturated carbocycles. The first-order valence-electron chi connectivity index (χ1n) is 31.2. The van der Waals surface area contributed by atoms with Gasteiger partial charge in [0, 0.05) is 47.8 Å². The molecule has 0 amide bonds. The fourth-order valence-corrected chi connectivity index (χ4v) is 8.23. The van der Waals surface area contributed by atoms with Crippen molar-refractivity contribution in [1.29, 1.82) is 0 Å². The maximum Gasteiger partial charge on any atom is 0.0462 e. The van der Waals surface area contributed by atoms with Crippen LogP contribution in [-0.2, 0) is 0 Å². The highest BCUT2D eigenvalue weighted by atomic mass is 15.1. The van der Waals surface area contributed by atoms with E-state index in [4.69, 9.17) is 13.7 Å². The molecule has 0 spiro atoms. The van der Waals surface area contributed by atoms with E-state index in [1.807, 2.05) is 0 Å². The summed E-state index contributed by atoms with van der Waals surface area (Å²) in [5.41, 5.74) is 18.5. The Morgan fingerprint density at radius 2 is 0.264 bits per heavy atom. The lowest BCUT2D eigenvalue weighted by atomic mass is 10.0. The molecule has 0 unspecified atom stereocenters. The minimum Gasteiger partial charge on any atom is -0.311 e. The smallest absolute Gasteiger partial charge is 0.0462 e. The molecule has 0 heterocycles. The van der Waals surface area contributed by atoms with Gasteiger partial charge in [-0.15, -0.1) is 0 Å². The van der Waals surface area contributed by atoms with Crippen molar-refractivity contribution in [2.45, 2.75) is 74.0 Å². The summed E-state index contributed by atoms with van der Waals surface area (Å²) in [6, 6.07) is 95.5. The van der Waals surface area contributed by atoms with Gasteiger partial charge in [-0.05, 0) is 128 Å². The van der Waals surface area contributed by atoms with Crippen molar-refractivity contribution in [1.82, 2.24) is 0 Å². The molecule has 0 aliphatic rings. The summed E-state index contributed by atoms with van der Waals surface area (Å²) in [7, 11) is 12.5. The highest BCUT2D eigenvalue weighted by molar-refractivity contribution is 5.83. The molecule has 0 aliphatic heterocycles. The van der Waals surface area contributed by atoms with E-state index in [1.165, 1.54) is 119 Å². The third-order valence-electron chi connectivity index (χ3n) is 11.5. The minimum absolute atomic E-state index is 1.09. The second-order valence-corrected chi connectivity index (χ2v) is 15.4. The Bertz CT molecular complexity index is 2630. The third kappa shape index (κ3) is 14.0. The molecular weight excluding hydrogens is 869 g/mol. The molecule has 0 fully saturated rings. The molecule has 374 valence electrons. The molecule has 2 nitrogen and oxygen atoms in total. The van der Waals surface area contributed by atoms with Crippen LogP contribution in [0.5, 0.6) is 0 Å². The van der Waals surface area contributed by atoms with Gasteiger partial charge in [0.15, 0.2) is 0 Å². The van der Waals surface area contributed by atoms with Gasteiger partial charge in [0.1, 0.15) is 0 Å². The van der Waals surface area contributed by atoms with Gasteiger partial charge in [0.2, 0.25) is 0 Å². The van der Waals surface area contributed by atoms with Crippen molar-refractivity contribution in [3.63, 3.8) is 0 Å². The monoisotopic (exact) mass is 963 g/mol. The Balaban J connectivity index is 0.00000298. The average molecular weight is 964 g/mol. The Labute approximate surface area is 452 Å². The van der Waals surface area contributed by atoms with Gasteiger partial charge in [-0.1, -0.05) is 268 Å². The molecule has 10 rings (SSSR count). The highest BCUT2D eigenvalue weighted by Gasteiger charge is 2.16. The van der Waals surface area contributed by atoms with Crippen LogP contribution < -0.4 is 9.80 Å². The first-order chi connectivity index (χ1) is 40.7. The van der Waals surface area contributed by atoms with Gasteiger partial charge < -0.3 is 9.80 Å². The number of hydrogen-bond donors (Lipinski definition) is 0. The van der Waals surface area contributed by atoms with Crippen LogP contribution >= 0.6 is 0 Å². The quantitative estimate of drug-likeness (QED) is 0.127. The van der Waals surface area contributed by atoms with Crippen LogP contribution in [0.1, 0.15) is 87.7 Å². The topological polar surface area (TPSA) is 6.48 Å². The molecule has 0 aliphatic carbocycles. The van der Waals surface area contributed by atoms with Crippen molar-refractivity contribution >= 4 is 34.1 Å². The fourth-order valence-electron chi connectivity index (χ4n) is 8.23. The zero-order valence-corrected chi connectivity index (χ0v) is 44.3. The maximum atomic E-state index is 5.75. The van der Waals surface area contributed by atoms with Crippen molar-refractivity contribution in [3.8, 4) is 55.6 Å². The molecule has 0 atom stereocenters. The van der Waals surface area contributed by atoms with Crippen LogP contribution in [0.4, 0.5) is 34.1 Å². The summed E-state index contributed by atoms with van der Waals surface area (Å²) in [5.74, 6) is 0. The Morgan fingerprint density at radius 3 is 0.389 bits per heavy atom. The lowest BCUT2D eigenvalue weighted by Crippen LogP contribution is -2.10. The van der Waals surface area contributed by atoms with Crippen molar-refractivity contribution in [2.75, 3.05) is 9.80 Å². The van der Waals surface area contributed by atoms with Crippen LogP contribution in [0.15, 0.2) is 267 Å². The summed E-state index contributed by atoms with van der Waals surface area (Å²) in [4.78, 5) is 4.67. The lowest BCUT2D eigenvalue weighted by molar-refractivity contribution is 1.28. The molecular formula is C70H84N2. The number of anilines is 6. The van der Waals surface area contributed by atoms with E-state index in [2.05, 4.69) is 277 Å². The van der Waals surface area contributed by atoms with Gasteiger partial charge in [-0.3, -0.25) is 0 Å². The molecule has 10 aromatic rings. The largest absolute Gasteiger partial charge is 0.311 e. The SMILES string of the molecule is [2H]C.[2H]C.[2H]C.[2H]C.[2H]C.[2H]C.[2H]C.[2H]C.[2H]C.[2H]C.c1ccc(-c2ccc(N(c3ccc(-c4ccccc4)cc3)c3ccc(-c4ccc(N(c5ccc(-c6ccccc6)cc5)c5ccc(-c6ccccc6)cc5)cc4)cc3)cc2)cc1. The first kappa shape index (κ1) is 47.5. The second-order valence-electron chi connectivity index (χ2n) is 15.4. The first-order valence-corrected chi connectivity index (χ1v) is 21.2. The summed E-state index contributed by atoms with van der Waals surface area (Å²) in [6.45, 7) is 0. The summed E-state index contributed by atoms with van der Waals surface area (Å²) < 4.78 is 57.5. The van der Waals surface area contributed by atoms with Gasteiger partial charge in [-0.25, -0.2) is 0 Å². The van der Waals surface area contributed by atoms with E-state index in [0.29, 0.717) is 0 Å². The van der Waals surface area contributed by atoms with Gasteiger partial charge in [0.25, 0.3) is 0 Å².